The lowest BCUT2D eigenvalue weighted by Crippen LogP contribution is -2.18. The first-order chi connectivity index (χ1) is 13.2. The molecule has 0 saturated carbocycles. The number of primary amides is 1. The van der Waals surface area contributed by atoms with E-state index >= 15 is 0 Å². The Balaban J connectivity index is 2.03. The summed E-state index contributed by atoms with van der Waals surface area (Å²) in [7, 11) is -4.02. The predicted octanol–water partition coefficient (Wildman–Crippen LogP) is 3.28. The molecule has 0 aliphatic carbocycles. The highest BCUT2D eigenvalue weighted by atomic mass is 35.5. The molecule has 1 amide bonds. The van der Waals surface area contributed by atoms with Crippen LogP contribution in [-0.2, 0) is 14.8 Å². The maximum Gasteiger partial charge on any atom is 0.265 e. The first kappa shape index (κ1) is 20.4. The third kappa shape index (κ3) is 4.37. The number of benzene rings is 2. The van der Waals surface area contributed by atoms with E-state index in [1.165, 1.54) is 12.1 Å². The van der Waals surface area contributed by atoms with Crippen LogP contribution in [0.25, 0.3) is 10.9 Å². The molecule has 2 aromatic carbocycles. The van der Waals surface area contributed by atoms with Crippen molar-refractivity contribution in [2.75, 3.05) is 10.5 Å². The maximum absolute atomic E-state index is 13.0. The van der Waals surface area contributed by atoms with Crippen molar-refractivity contribution in [3.8, 4) is 0 Å². The molecule has 3 N–H and O–H groups in total. The second kappa shape index (κ2) is 7.94. The number of nitrogens with one attached hydrogen (secondary N) is 1. The van der Waals surface area contributed by atoms with Crippen LogP contribution in [0.4, 0.5) is 5.95 Å². The summed E-state index contributed by atoms with van der Waals surface area (Å²) in [6.07, 6.45) is 0. The van der Waals surface area contributed by atoms with Gasteiger partial charge in [0.1, 0.15) is 4.90 Å². The molecule has 7 nitrogen and oxygen atoms in total. The molecular formula is C18H17ClN4O3S2. The van der Waals surface area contributed by atoms with Gasteiger partial charge in [-0.1, -0.05) is 29.8 Å². The lowest BCUT2D eigenvalue weighted by atomic mass is 10.2. The van der Waals surface area contributed by atoms with E-state index in [2.05, 4.69) is 14.7 Å². The normalized spacial score (nSPS) is 11.5. The Bertz CT molecular complexity index is 1180. The molecule has 28 heavy (non-hydrogen) atoms. The van der Waals surface area contributed by atoms with Gasteiger partial charge in [-0.3, -0.25) is 4.79 Å². The van der Waals surface area contributed by atoms with Gasteiger partial charge in [0.15, 0.2) is 0 Å². The molecule has 3 rings (SSSR count). The van der Waals surface area contributed by atoms with Crippen LogP contribution in [0, 0.1) is 13.8 Å². The van der Waals surface area contributed by atoms with Gasteiger partial charge in [-0.25, -0.2) is 23.1 Å². The monoisotopic (exact) mass is 436 g/mol. The van der Waals surface area contributed by atoms with Crippen molar-refractivity contribution in [3.63, 3.8) is 0 Å². The van der Waals surface area contributed by atoms with Crippen molar-refractivity contribution in [2.24, 2.45) is 5.73 Å². The van der Waals surface area contributed by atoms with E-state index in [1.807, 2.05) is 18.2 Å². The molecule has 0 radical (unpaired) electrons. The molecule has 0 aliphatic heterocycles. The third-order valence-corrected chi connectivity index (χ3v) is 6.89. The van der Waals surface area contributed by atoms with E-state index in [9.17, 15) is 13.2 Å². The van der Waals surface area contributed by atoms with Gasteiger partial charge in [0.25, 0.3) is 10.0 Å². The van der Waals surface area contributed by atoms with Crippen molar-refractivity contribution in [3.05, 3.63) is 52.7 Å². The number of nitrogens with two attached hydrogens (primary N) is 1. The van der Waals surface area contributed by atoms with Crippen molar-refractivity contribution in [1.29, 1.82) is 0 Å². The van der Waals surface area contributed by atoms with Gasteiger partial charge in [0.05, 0.1) is 17.0 Å². The molecule has 3 aromatic rings. The van der Waals surface area contributed by atoms with Crippen LogP contribution in [-0.4, -0.2) is 30.0 Å². The van der Waals surface area contributed by atoms with Gasteiger partial charge in [-0.15, -0.1) is 11.8 Å². The van der Waals surface area contributed by atoms with E-state index in [-0.39, 0.29) is 16.6 Å². The summed E-state index contributed by atoms with van der Waals surface area (Å²) in [4.78, 5) is 20.0. The number of anilines is 1. The predicted molar refractivity (Wildman–Crippen MR) is 111 cm³/mol. The van der Waals surface area contributed by atoms with Gasteiger partial charge >= 0.3 is 0 Å². The Kier molecular flexibility index (Phi) is 5.78. The van der Waals surface area contributed by atoms with Gasteiger partial charge in [0.2, 0.25) is 11.9 Å². The molecule has 0 bridgehead atoms. The quantitative estimate of drug-likeness (QED) is 0.573. The summed E-state index contributed by atoms with van der Waals surface area (Å²) in [6.45, 7) is 3.48. The van der Waals surface area contributed by atoms with Gasteiger partial charge in [0, 0.05) is 15.3 Å². The Morgan fingerprint density at radius 3 is 2.64 bits per heavy atom. The molecule has 0 aliphatic rings. The Labute approximate surface area is 171 Å². The second-order valence-electron chi connectivity index (χ2n) is 6.06. The van der Waals surface area contributed by atoms with E-state index in [0.29, 0.717) is 26.7 Å². The number of aryl methyl sites for hydroxylation is 2. The minimum atomic E-state index is -4.02. The molecule has 0 unspecified atom stereocenters. The van der Waals surface area contributed by atoms with Crippen LogP contribution < -0.4 is 10.5 Å². The van der Waals surface area contributed by atoms with Crippen LogP contribution in [0.3, 0.4) is 0 Å². The third-order valence-electron chi connectivity index (χ3n) is 3.90. The van der Waals surface area contributed by atoms with Crippen LogP contribution in [0.1, 0.15) is 11.3 Å². The van der Waals surface area contributed by atoms with E-state index in [0.717, 1.165) is 17.1 Å². The molecule has 10 heteroatoms. The number of amides is 1. The number of aromatic nitrogens is 2. The average Bonchev–Trinajstić information content (AvgIpc) is 2.62. The SMILES string of the molecule is Cc1cc(S(=O)(=O)Nc2nc(C)c3ccccc3n2)c(SCC(N)=O)cc1Cl. The number of carbonyl (C=O) groups is 1. The molecule has 146 valence electrons. The maximum atomic E-state index is 13.0. The Morgan fingerprint density at radius 1 is 1.21 bits per heavy atom. The smallest absolute Gasteiger partial charge is 0.265 e. The number of halogens is 1. The summed E-state index contributed by atoms with van der Waals surface area (Å²) in [5.74, 6) is -0.672. The second-order valence-corrected chi connectivity index (χ2v) is 9.13. The highest BCUT2D eigenvalue weighted by molar-refractivity contribution is 8.01. The summed E-state index contributed by atoms with van der Waals surface area (Å²) in [5.41, 5.74) is 7.05. The van der Waals surface area contributed by atoms with Gasteiger partial charge < -0.3 is 5.73 Å². The number of rotatable bonds is 6. The molecule has 1 heterocycles. The minimum absolute atomic E-state index is 0.0185. The zero-order chi connectivity index (χ0) is 20.5. The van der Waals surface area contributed by atoms with Crippen LogP contribution in [0.2, 0.25) is 5.02 Å². The Hall–Kier alpha value is -2.36. The number of nitrogens with zero attached hydrogens (tertiary/aromatic N) is 2. The van der Waals surface area contributed by atoms with Gasteiger partial charge in [-0.2, -0.15) is 0 Å². The minimum Gasteiger partial charge on any atom is -0.369 e. The lowest BCUT2D eigenvalue weighted by molar-refractivity contribution is -0.115. The number of fused-ring (bicyclic) bond motifs is 1. The zero-order valence-corrected chi connectivity index (χ0v) is 17.5. The first-order valence-electron chi connectivity index (χ1n) is 8.15. The van der Waals surface area contributed by atoms with Crippen molar-refractivity contribution in [1.82, 2.24) is 9.97 Å². The number of thioether (sulfide) groups is 1. The molecule has 1 aromatic heterocycles. The number of para-hydroxylation sites is 1. The number of hydrogen-bond acceptors (Lipinski definition) is 6. The molecule has 0 saturated heterocycles. The Morgan fingerprint density at radius 2 is 1.93 bits per heavy atom. The van der Waals surface area contributed by atoms with Crippen molar-refractivity contribution in [2.45, 2.75) is 23.6 Å². The van der Waals surface area contributed by atoms with Crippen molar-refractivity contribution < 1.29 is 13.2 Å². The summed E-state index contributed by atoms with van der Waals surface area (Å²) in [5, 5.41) is 1.23. The van der Waals surface area contributed by atoms with Crippen LogP contribution in [0.15, 0.2) is 46.2 Å². The fourth-order valence-electron chi connectivity index (χ4n) is 2.56. The number of hydrogen-bond donors (Lipinski definition) is 2. The summed E-state index contributed by atoms with van der Waals surface area (Å²) in [6, 6.07) is 10.3. The first-order valence-corrected chi connectivity index (χ1v) is 11.0. The summed E-state index contributed by atoms with van der Waals surface area (Å²) < 4.78 is 28.4. The zero-order valence-electron chi connectivity index (χ0n) is 15.1. The molecule has 0 fully saturated rings. The number of sulfonamides is 1. The molecular weight excluding hydrogens is 420 g/mol. The summed E-state index contributed by atoms with van der Waals surface area (Å²) >= 11 is 7.13. The van der Waals surface area contributed by atoms with E-state index in [4.69, 9.17) is 17.3 Å². The lowest BCUT2D eigenvalue weighted by Gasteiger charge is -2.13. The van der Waals surface area contributed by atoms with Crippen molar-refractivity contribution >= 4 is 56.1 Å². The number of carbonyl (C=O) groups excluding carboxylic acids is 1. The fourth-order valence-corrected chi connectivity index (χ4v) is 5.10. The average molecular weight is 437 g/mol. The van der Waals surface area contributed by atoms with Crippen LogP contribution >= 0.6 is 23.4 Å². The van der Waals surface area contributed by atoms with Gasteiger partial charge in [-0.05, 0) is 37.6 Å². The van der Waals surface area contributed by atoms with E-state index in [1.54, 1.807) is 19.9 Å². The largest absolute Gasteiger partial charge is 0.369 e. The van der Waals surface area contributed by atoms with E-state index < -0.39 is 15.9 Å². The standard InChI is InChI=1S/C18H17ClN4O3S2/c1-10-7-16(15(8-13(10)19)27-9-17(20)24)28(25,26)23-18-21-11(2)12-5-3-4-6-14(12)22-18/h3-8H,9H2,1-2H3,(H2,20,24)(H,21,22,23). The highest BCUT2D eigenvalue weighted by Gasteiger charge is 2.22. The highest BCUT2D eigenvalue weighted by Crippen LogP contribution is 2.32. The molecule has 0 atom stereocenters. The molecule has 0 spiro atoms. The van der Waals surface area contributed by atoms with Crippen LogP contribution in [0.5, 0.6) is 0 Å². The fraction of sp³-hybridized carbons (Fsp3) is 0.167. The topological polar surface area (TPSA) is 115 Å².